The number of anilines is 1. The van der Waals surface area contributed by atoms with Crippen molar-refractivity contribution in [3.05, 3.63) is 65.5 Å². The van der Waals surface area contributed by atoms with Gasteiger partial charge in [-0.05, 0) is 62.5 Å². The molecule has 2 aromatic carbocycles. The van der Waals surface area contributed by atoms with E-state index in [9.17, 15) is 4.79 Å². The van der Waals surface area contributed by atoms with Crippen LogP contribution < -0.4 is 5.32 Å². The molecule has 0 radical (unpaired) electrons. The van der Waals surface area contributed by atoms with Crippen molar-refractivity contribution in [3.8, 4) is 5.69 Å². The SMILES string of the molecule is CCc1cccc(C)c1NC(=O)CSc1nnc(CN2CCCC2)n1-c1ccccc1. The number of aromatic nitrogens is 3. The van der Waals surface area contributed by atoms with E-state index in [4.69, 9.17) is 0 Å². The average Bonchev–Trinajstić information content (AvgIpc) is 3.44. The molecule has 1 N–H and O–H groups in total. The number of hydrogen-bond acceptors (Lipinski definition) is 5. The minimum absolute atomic E-state index is 0.0299. The van der Waals surface area contributed by atoms with Gasteiger partial charge in [0.1, 0.15) is 0 Å². The Morgan fingerprint density at radius 1 is 1.06 bits per heavy atom. The molecule has 1 aliphatic heterocycles. The van der Waals surface area contributed by atoms with Crippen LogP contribution in [0.3, 0.4) is 0 Å². The monoisotopic (exact) mass is 435 g/mol. The molecule has 0 unspecified atom stereocenters. The highest BCUT2D eigenvalue weighted by Gasteiger charge is 2.20. The van der Waals surface area contributed by atoms with Crippen LogP contribution >= 0.6 is 11.8 Å². The Bertz CT molecular complexity index is 1030. The number of nitrogens with one attached hydrogen (secondary N) is 1. The third kappa shape index (κ3) is 5.17. The van der Waals surface area contributed by atoms with Gasteiger partial charge in [-0.15, -0.1) is 10.2 Å². The Morgan fingerprint density at radius 2 is 1.84 bits per heavy atom. The summed E-state index contributed by atoms with van der Waals surface area (Å²) in [6, 6.07) is 16.3. The first-order valence-corrected chi connectivity index (χ1v) is 11.9. The number of amides is 1. The van der Waals surface area contributed by atoms with Crippen LogP contribution in [-0.4, -0.2) is 44.4 Å². The van der Waals surface area contributed by atoms with Crippen molar-refractivity contribution in [1.82, 2.24) is 19.7 Å². The van der Waals surface area contributed by atoms with E-state index in [1.165, 1.54) is 24.6 Å². The molecule has 1 saturated heterocycles. The second-order valence-electron chi connectivity index (χ2n) is 7.85. The summed E-state index contributed by atoms with van der Waals surface area (Å²) in [5.41, 5.74) is 4.18. The zero-order valence-corrected chi connectivity index (χ0v) is 19.0. The summed E-state index contributed by atoms with van der Waals surface area (Å²) in [6.45, 7) is 7.10. The zero-order chi connectivity index (χ0) is 21.6. The van der Waals surface area contributed by atoms with Crippen LogP contribution in [0.15, 0.2) is 53.7 Å². The maximum absolute atomic E-state index is 12.7. The Balaban J connectivity index is 1.50. The van der Waals surface area contributed by atoms with Crippen LogP contribution in [0, 0.1) is 6.92 Å². The molecule has 1 amide bonds. The quantitative estimate of drug-likeness (QED) is 0.529. The van der Waals surface area contributed by atoms with Gasteiger partial charge in [-0.2, -0.15) is 0 Å². The standard InChI is InChI=1S/C24H29N5OS/c1-3-19-11-9-10-18(2)23(19)25-22(30)17-31-24-27-26-21(16-28-14-7-8-15-28)29(24)20-12-5-4-6-13-20/h4-6,9-13H,3,7-8,14-17H2,1-2H3,(H,25,30). The zero-order valence-electron chi connectivity index (χ0n) is 18.2. The van der Waals surface area contributed by atoms with Gasteiger partial charge in [0, 0.05) is 11.4 Å². The number of benzene rings is 2. The summed E-state index contributed by atoms with van der Waals surface area (Å²) in [5, 5.41) is 12.8. The fourth-order valence-corrected chi connectivity index (χ4v) is 4.75. The predicted octanol–water partition coefficient (Wildman–Crippen LogP) is 4.46. The lowest BCUT2D eigenvalue weighted by atomic mass is 10.1. The van der Waals surface area contributed by atoms with E-state index >= 15 is 0 Å². The van der Waals surface area contributed by atoms with Gasteiger partial charge in [-0.25, -0.2) is 0 Å². The normalized spacial score (nSPS) is 14.1. The van der Waals surface area contributed by atoms with Gasteiger partial charge < -0.3 is 5.32 Å². The van der Waals surface area contributed by atoms with E-state index in [2.05, 4.69) is 50.1 Å². The van der Waals surface area contributed by atoms with Crippen molar-refractivity contribution in [3.63, 3.8) is 0 Å². The van der Waals surface area contributed by atoms with E-state index in [1.807, 2.05) is 37.3 Å². The van der Waals surface area contributed by atoms with Gasteiger partial charge >= 0.3 is 0 Å². The third-order valence-electron chi connectivity index (χ3n) is 5.62. The van der Waals surface area contributed by atoms with Gasteiger partial charge in [0.2, 0.25) is 5.91 Å². The maximum Gasteiger partial charge on any atom is 0.234 e. The lowest BCUT2D eigenvalue weighted by molar-refractivity contribution is -0.113. The molecule has 1 fully saturated rings. The van der Waals surface area contributed by atoms with Crippen molar-refractivity contribution in [2.45, 2.75) is 44.8 Å². The highest BCUT2D eigenvalue weighted by atomic mass is 32.2. The lowest BCUT2D eigenvalue weighted by Crippen LogP contribution is -2.21. The van der Waals surface area contributed by atoms with Crippen LogP contribution in [0.2, 0.25) is 0 Å². The minimum Gasteiger partial charge on any atom is -0.325 e. The molecule has 6 nitrogen and oxygen atoms in total. The van der Waals surface area contributed by atoms with Gasteiger partial charge in [0.15, 0.2) is 11.0 Å². The average molecular weight is 436 g/mol. The minimum atomic E-state index is -0.0299. The fourth-order valence-electron chi connectivity index (χ4n) is 3.98. The molecule has 1 aromatic heterocycles. The molecule has 162 valence electrons. The Labute approximate surface area is 188 Å². The molecular weight excluding hydrogens is 406 g/mol. The number of rotatable bonds is 8. The first-order valence-electron chi connectivity index (χ1n) is 10.9. The summed E-state index contributed by atoms with van der Waals surface area (Å²) in [6.07, 6.45) is 3.35. The topological polar surface area (TPSA) is 63.1 Å². The Morgan fingerprint density at radius 3 is 2.58 bits per heavy atom. The molecule has 0 atom stereocenters. The maximum atomic E-state index is 12.7. The molecule has 0 spiro atoms. The van der Waals surface area contributed by atoms with Crippen molar-refractivity contribution in [2.75, 3.05) is 24.2 Å². The van der Waals surface area contributed by atoms with Crippen molar-refractivity contribution in [2.24, 2.45) is 0 Å². The number of thioether (sulfide) groups is 1. The molecular formula is C24H29N5OS. The first-order chi connectivity index (χ1) is 15.2. The largest absolute Gasteiger partial charge is 0.325 e. The van der Waals surface area contributed by atoms with Crippen LogP contribution in [0.4, 0.5) is 5.69 Å². The Hall–Kier alpha value is -2.64. The molecule has 0 aliphatic carbocycles. The molecule has 31 heavy (non-hydrogen) atoms. The number of carbonyl (C=O) groups excluding carboxylic acids is 1. The van der Waals surface area contributed by atoms with E-state index in [0.29, 0.717) is 0 Å². The third-order valence-corrected chi connectivity index (χ3v) is 6.54. The lowest BCUT2D eigenvalue weighted by Gasteiger charge is -2.16. The summed E-state index contributed by atoms with van der Waals surface area (Å²) in [4.78, 5) is 15.2. The fraction of sp³-hybridized carbons (Fsp3) is 0.375. The second-order valence-corrected chi connectivity index (χ2v) is 8.79. The number of likely N-dealkylation sites (tertiary alicyclic amines) is 1. The van der Waals surface area contributed by atoms with Crippen LogP contribution in [0.1, 0.15) is 36.7 Å². The van der Waals surface area contributed by atoms with Gasteiger partial charge in [-0.1, -0.05) is 55.1 Å². The van der Waals surface area contributed by atoms with Crippen molar-refractivity contribution >= 4 is 23.4 Å². The molecule has 0 bridgehead atoms. The molecule has 0 saturated carbocycles. The van der Waals surface area contributed by atoms with Gasteiger partial charge in [0.25, 0.3) is 0 Å². The van der Waals surface area contributed by atoms with E-state index in [-0.39, 0.29) is 11.7 Å². The van der Waals surface area contributed by atoms with Crippen molar-refractivity contribution < 1.29 is 4.79 Å². The summed E-state index contributed by atoms with van der Waals surface area (Å²) in [5.74, 6) is 1.17. The van der Waals surface area contributed by atoms with E-state index in [0.717, 1.165) is 59.5 Å². The van der Waals surface area contributed by atoms with E-state index < -0.39 is 0 Å². The molecule has 2 heterocycles. The van der Waals surface area contributed by atoms with Crippen molar-refractivity contribution in [1.29, 1.82) is 0 Å². The van der Waals surface area contributed by atoms with E-state index in [1.54, 1.807) is 0 Å². The molecule has 1 aliphatic rings. The smallest absolute Gasteiger partial charge is 0.234 e. The van der Waals surface area contributed by atoms with Crippen LogP contribution in [-0.2, 0) is 17.8 Å². The first kappa shape index (κ1) is 21.6. The van der Waals surface area contributed by atoms with Gasteiger partial charge in [-0.3, -0.25) is 14.3 Å². The summed E-state index contributed by atoms with van der Waals surface area (Å²) >= 11 is 1.43. The van der Waals surface area contributed by atoms with Crippen LogP contribution in [0.5, 0.6) is 0 Å². The predicted molar refractivity (Wildman–Crippen MR) is 126 cm³/mol. The van der Waals surface area contributed by atoms with Gasteiger partial charge in [0.05, 0.1) is 12.3 Å². The number of aryl methyl sites for hydroxylation is 2. The molecule has 4 rings (SSSR count). The second kappa shape index (κ2) is 10.1. The summed E-state index contributed by atoms with van der Waals surface area (Å²) in [7, 11) is 0. The number of para-hydroxylation sites is 2. The van der Waals surface area contributed by atoms with Crippen LogP contribution in [0.25, 0.3) is 5.69 Å². The highest BCUT2D eigenvalue weighted by molar-refractivity contribution is 7.99. The highest BCUT2D eigenvalue weighted by Crippen LogP contribution is 2.25. The number of hydrogen-bond donors (Lipinski definition) is 1. The molecule has 3 aromatic rings. The Kier molecular flexibility index (Phi) is 7.04. The molecule has 7 heteroatoms. The summed E-state index contributed by atoms with van der Waals surface area (Å²) < 4.78 is 2.08. The number of carbonyl (C=O) groups is 1. The number of nitrogens with zero attached hydrogens (tertiary/aromatic N) is 4.